The number of dihydropyridines is 1. The molecule has 0 aromatic carbocycles. The average Bonchev–Trinajstić information content (AvgIpc) is 1.88. The molecule has 56 valence electrons. The molecule has 0 aromatic rings. The summed E-state index contributed by atoms with van der Waals surface area (Å²) < 4.78 is 0. The molecule has 1 unspecified atom stereocenters. The van der Waals surface area contributed by atoms with Gasteiger partial charge in [-0.3, -0.25) is 0 Å². The van der Waals surface area contributed by atoms with Crippen molar-refractivity contribution in [1.82, 2.24) is 5.32 Å². The molecule has 1 heterocycles. The maximum Gasteiger partial charge on any atom is 0.130 e. The lowest BCUT2D eigenvalue weighted by molar-refractivity contribution is 0.208. The predicted octanol–water partition coefficient (Wildman–Crippen LogP) is -1.41. The first kappa shape index (κ1) is 7.11. The molecule has 0 saturated heterocycles. The summed E-state index contributed by atoms with van der Waals surface area (Å²) in [4.78, 5) is 0. The average molecular weight is 141 g/mol. The van der Waals surface area contributed by atoms with Gasteiger partial charge in [-0.15, -0.1) is 0 Å². The zero-order valence-corrected chi connectivity index (χ0v) is 5.54. The van der Waals surface area contributed by atoms with Gasteiger partial charge in [0.1, 0.15) is 5.66 Å². The Labute approximate surface area is 59.2 Å². The fourth-order valence-electron chi connectivity index (χ4n) is 0.768. The van der Waals surface area contributed by atoms with Crippen LogP contribution >= 0.6 is 0 Å². The topological polar surface area (TPSA) is 84.3 Å². The van der Waals surface area contributed by atoms with Gasteiger partial charge in [-0.05, 0) is 12.2 Å². The quantitative estimate of drug-likeness (QED) is 0.361. The van der Waals surface area contributed by atoms with Gasteiger partial charge in [0.05, 0.1) is 12.4 Å². The summed E-state index contributed by atoms with van der Waals surface area (Å²) in [6.07, 6.45) is 5.05. The third kappa shape index (κ3) is 1.29. The van der Waals surface area contributed by atoms with Crippen molar-refractivity contribution in [1.29, 1.82) is 0 Å². The van der Waals surface area contributed by atoms with Crippen molar-refractivity contribution in [2.45, 2.75) is 5.66 Å². The molecular weight excluding hydrogens is 130 g/mol. The Morgan fingerprint density at radius 3 is 2.80 bits per heavy atom. The summed E-state index contributed by atoms with van der Waals surface area (Å²) >= 11 is 0. The van der Waals surface area contributed by atoms with E-state index in [1.165, 1.54) is 0 Å². The number of hydrogen-bond donors (Lipinski definition) is 4. The molecule has 0 bridgehead atoms. The highest BCUT2D eigenvalue weighted by Crippen LogP contribution is 2.03. The van der Waals surface area contributed by atoms with E-state index in [2.05, 4.69) is 5.32 Å². The van der Waals surface area contributed by atoms with Crippen molar-refractivity contribution in [3.05, 3.63) is 24.0 Å². The normalized spacial score (nSPS) is 31.2. The van der Waals surface area contributed by atoms with Crippen molar-refractivity contribution >= 4 is 0 Å². The lowest BCUT2D eigenvalue weighted by Gasteiger charge is -2.28. The molecule has 0 aliphatic carbocycles. The molecule has 6 N–H and O–H groups in total. The molecule has 0 radical (unpaired) electrons. The smallest absolute Gasteiger partial charge is 0.130 e. The summed E-state index contributed by atoms with van der Waals surface area (Å²) in [5, 5.41) is 11.5. The Morgan fingerprint density at radius 2 is 2.40 bits per heavy atom. The first-order valence-corrected chi connectivity index (χ1v) is 2.99. The first-order valence-electron chi connectivity index (χ1n) is 2.99. The Bertz CT molecular complexity index is 187. The summed E-state index contributed by atoms with van der Waals surface area (Å²) in [7, 11) is 0. The molecule has 0 fully saturated rings. The summed E-state index contributed by atoms with van der Waals surface area (Å²) in [6, 6.07) is 0. The fraction of sp³-hybridized carbons (Fsp3) is 0.333. The van der Waals surface area contributed by atoms with Crippen LogP contribution in [0, 0.1) is 0 Å². The van der Waals surface area contributed by atoms with Gasteiger partial charge in [0, 0.05) is 0 Å². The highest BCUT2D eigenvalue weighted by molar-refractivity contribution is 5.22. The van der Waals surface area contributed by atoms with Crippen LogP contribution < -0.4 is 16.8 Å². The van der Waals surface area contributed by atoms with E-state index in [1.807, 2.05) is 0 Å². The van der Waals surface area contributed by atoms with Gasteiger partial charge in [-0.1, -0.05) is 6.08 Å². The van der Waals surface area contributed by atoms with E-state index in [1.54, 1.807) is 18.2 Å². The van der Waals surface area contributed by atoms with Crippen molar-refractivity contribution < 1.29 is 5.11 Å². The van der Waals surface area contributed by atoms with Crippen LogP contribution in [0.4, 0.5) is 0 Å². The van der Waals surface area contributed by atoms with Crippen LogP contribution in [0.25, 0.3) is 0 Å². The molecular formula is C6H11N3O. The number of aliphatic hydroxyl groups excluding tert-OH is 1. The third-order valence-electron chi connectivity index (χ3n) is 1.31. The van der Waals surface area contributed by atoms with Gasteiger partial charge in [0.25, 0.3) is 0 Å². The molecule has 0 spiro atoms. The second-order valence-electron chi connectivity index (χ2n) is 2.30. The molecule has 10 heavy (non-hydrogen) atoms. The zero-order chi connectivity index (χ0) is 7.61. The molecule has 0 aromatic heterocycles. The number of allylic oxidation sites excluding steroid dienone is 2. The Kier molecular flexibility index (Phi) is 1.65. The molecule has 1 atom stereocenters. The maximum atomic E-state index is 8.75. The van der Waals surface area contributed by atoms with E-state index in [4.69, 9.17) is 16.6 Å². The van der Waals surface area contributed by atoms with Gasteiger partial charge in [0.2, 0.25) is 0 Å². The van der Waals surface area contributed by atoms with Gasteiger partial charge < -0.3 is 21.9 Å². The van der Waals surface area contributed by atoms with Crippen LogP contribution in [0.2, 0.25) is 0 Å². The predicted molar refractivity (Wildman–Crippen MR) is 38.6 cm³/mol. The number of hydrogen-bond acceptors (Lipinski definition) is 4. The Morgan fingerprint density at radius 1 is 1.70 bits per heavy atom. The monoisotopic (exact) mass is 141 g/mol. The molecule has 1 aliphatic rings. The van der Waals surface area contributed by atoms with Crippen LogP contribution in [-0.4, -0.2) is 17.4 Å². The molecule has 0 saturated carbocycles. The Hall–Kier alpha value is -1.00. The minimum absolute atomic E-state index is 0.169. The standard InChI is InChI=1S/C6H11N3O/c7-5-2-1-3-6(8,4-10)9-5/h1-3,9-10H,4,7-8H2. The highest BCUT2D eigenvalue weighted by Gasteiger charge is 2.21. The van der Waals surface area contributed by atoms with Crippen LogP contribution in [0.1, 0.15) is 0 Å². The summed E-state index contributed by atoms with van der Waals surface area (Å²) in [6.45, 7) is -0.169. The van der Waals surface area contributed by atoms with Crippen LogP contribution in [0.5, 0.6) is 0 Å². The molecule has 4 heteroatoms. The lowest BCUT2D eigenvalue weighted by Crippen LogP contribution is -2.56. The first-order chi connectivity index (χ1) is 4.66. The zero-order valence-electron chi connectivity index (χ0n) is 5.54. The number of rotatable bonds is 1. The second-order valence-corrected chi connectivity index (χ2v) is 2.30. The fourth-order valence-corrected chi connectivity index (χ4v) is 0.768. The minimum atomic E-state index is -0.876. The number of aliphatic hydroxyl groups is 1. The second kappa shape index (κ2) is 2.32. The van der Waals surface area contributed by atoms with Crippen LogP contribution in [0.3, 0.4) is 0 Å². The third-order valence-corrected chi connectivity index (χ3v) is 1.31. The van der Waals surface area contributed by atoms with E-state index in [0.29, 0.717) is 5.82 Å². The van der Waals surface area contributed by atoms with Crippen molar-refractivity contribution in [3.63, 3.8) is 0 Å². The van der Waals surface area contributed by atoms with E-state index < -0.39 is 5.66 Å². The molecule has 1 rings (SSSR count). The summed E-state index contributed by atoms with van der Waals surface area (Å²) in [5.74, 6) is 0.471. The van der Waals surface area contributed by atoms with Gasteiger partial charge in [-0.2, -0.15) is 0 Å². The van der Waals surface area contributed by atoms with Crippen molar-refractivity contribution in [2.75, 3.05) is 6.61 Å². The van der Waals surface area contributed by atoms with Gasteiger partial charge in [-0.25, -0.2) is 0 Å². The van der Waals surface area contributed by atoms with E-state index in [0.717, 1.165) is 0 Å². The van der Waals surface area contributed by atoms with Crippen molar-refractivity contribution in [2.24, 2.45) is 11.5 Å². The number of nitrogens with two attached hydrogens (primary N) is 2. The SMILES string of the molecule is NC1=CC=CC(N)(CO)N1. The van der Waals surface area contributed by atoms with E-state index >= 15 is 0 Å². The van der Waals surface area contributed by atoms with Crippen LogP contribution in [0.15, 0.2) is 24.0 Å². The lowest BCUT2D eigenvalue weighted by atomic mass is 10.1. The van der Waals surface area contributed by atoms with E-state index in [9.17, 15) is 0 Å². The molecule has 4 nitrogen and oxygen atoms in total. The number of nitrogens with one attached hydrogen (secondary N) is 1. The maximum absolute atomic E-state index is 8.75. The van der Waals surface area contributed by atoms with Gasteiger partial charge in [0.15, 0.2) is 0 Å². The Balaban J connectivity index is 2.71. The highest BCUT2D eigenvalue weighted by atomic mass is 16.3. The molecule has 1 aliphatic heterocycles. The van der Waals surface area contributed by atoms with Crippen molar-refractivity contribution in [3.8, 4) is 0 Å². The largest absolute Gasteiger partial charge is 0.392 e. The van der Waals surface area contributed by atoms with Gasteiger partial charge >= 0.3 is 0 Å². The van der Waals surface area contributed by atoms with E-state index in [-0.39, 0.29) is 6.61 Å². The van der Waals surface area contributed by atoms with Crippen LogP contribution in [-0.2, 0) is 0 Å². The summed E-state index contributed by atoms with van der Waals surface area (Å²) in [5.41, 5.74) is 10.1. The molecule has 0 amide bonds. The minimum Gasteiger partial charge on any atom is -0.392 e.